The van der Waals surface area contributed by atoms with E-state index in [-0.39, 0.29) is 35.5 Å². The number of aryl methyl sites for hydroxylation is 1. The predicted octanol–water partition coefficient (Wildman–Crippen LogP) is 4.82. The molecule has 1 aliphatic carbocycles. The van der Waals surface area contributed by atoms with Crippen molar-refractivity contribution in [2.75, 3.05) is 44.4 Å². The summed E-state index contributed by atoms with van der Waals surface area (Å²) in [6.45, 7) is 2.39. The highest BCUT2D eigenvalue weighted by atomic mass is 19.1. The number of benzene rings is 1. The second-order valence-electron chi connectivity index (χ2n) is 13.2. The van der Waals surface area contributed by atoms with Gasteiger partial charge in [0.1, 0.15) is 35.6 Å². The molecule has 4 saturated heterocycles. The zero-order chi connectivity index (χ0) is 29.3. The summed E-state index contributed by atoms with van der Waals surface area (Å²) >= 11 is 0. The maximum Gasteiger partial charge on any atom is 0.319 e. The first-order valence-corrected chi connectivity index (χ1v) is 15.7. The summed E-state index contributed by atoms with van der Waals surface area (Å²) in [5, 5.41) is 14.7. The van der Waals surface area contributed by atoms with Crippen molar-refractivity contribution in [2.45, 2.75) is 81.1 Å². The minimum Gasteiger partial charge on any atom is -0.508 e. The highest BCUT2D eigenvalue weighted by molar-refractivity contribution is 5.92. The Morgan fingerprint density at radius 1 is 1.09 bits per heavy atom. The Kier molecular flexibility index (Phi) is 6.67. The van der Waals surface area contributed by atoms with Crippen LogP contribution in [0.25, 0.3) is 22.2 Å². The molecule has 2 N–H and O–H groups in total. The average Bonchev–Trinajstić information content (AvgIpc) is 3.65. The molecule has 228 valence electrons. The molecule has 1 aromatic carbocycles. The van der Waals surface area contributed by atoms with E-state index < -0.39 is 24.2 Å². The molecule has 11 heteroatoms. The Bertz CT molecular complexity index is 1560. The third kappa shape index (κ3) is 4.61. The summed E-state index contributed by atoms with van der Waals surface area (Å²) in [5.41, 5.74) is 1.67. The van der Waals surface area contributed by atoms with Crippen LogP contribution in [0.1, 0.15) is 62.0 Å². The fourth-order valence-electron chi connectivity index (χ4n) is 8.55. The summed E-state index contributed by atoms with van der Waals surface area (Å²) in [5.74, 6) is -0.454. The van der Waals surface area contributed by atoms with Crippen LogP contribution >= 0.6 is 0 Å². The van der Waals surface area contributed by atoms with Crippen LogP contribution in [0.2, 0.25) is 0 Å². The normalized spacial score (nSPS) is 30.2. The smallest absolute Gasteiger partial charge is 0.319 e. The monoisotopic (exact) mass is 594 g/mol. The van der Waals surface area contributed by atoms with E-state index in [1.54, 1.807) is 12.3 Å². The van der Waals surface area contributed by atoms with Gasteiger partial charge in [-0.2, -0.15) is 9.97 Å². The number of ether oxygens (including phenoxy) is 1. The van der Waals surface area contributed by atoms with Crippen LogP contribution in [0, 0.1) is 5.82 Å². The maximum atomic E-state index is 16.7. The number of nitrogens with one attached hydrogen (secondary N) is 1. The number of aromatic hydroxyl groups is 1. The summed E-state index contributed by atoms with van der Waals surface area (Å²) < 4.78 is 51.6. The van der Waals surface area contributed by atoms with Crippen LogP contribution in [0.5, 0.6) is 11.8 Å². The van der Waals surface area contributed by atoms with Gasteiger partial charge >= 0.3 is 6.01 Å². The van der Waals surface area contributed by atoms with E-state index >= 15 is 4.39 Å². The van der Waals surface area contributed by atoms with Crippen molar-refractivity contribution >= 4 is 16.7 Å². The van der Waals surface area contributed by atoms with E-state index in [0.717, 1.165) is 57.3 Å². The van der Waals surface area contributed by atoms with Crippen LogP contribution in [-0.4, -0.2) is 88.2 Å². The number of nitrogens with zero attached hydrogens (tertiary/aromatic N) is 5. The van der Waals surface area contributed by atoms with Crippen LogP contribution in [0.3, 0.4) is 0 Å². The van der Waals surface area contributed by atoms with Crippen molar-refractivity contribution < 1.29 is 23.0 Å². The lowest BCUT2D eigenvalue weighted by Crippen LogP contribution is -2.51. The Hall–Kier alpha value is -3.18. The summed E-state index contributed by atoms with van der Waals surface area (Å²) in [7, 11) is 0. The number of alkyl halides is 2. The molecule has 1 unspecified atom stereocenters. The van der Waals surface area contributed by atoms with Crippen molar-refractivity contribution in [1.82, 2.24) is 25.2 Å². The molecule has 43 heavy (non-hydrogen) atoms. The largest absolute Gasteiger partial charge is 0.508 e. The zero-order valence-electron chi connectivity index (χ0n) is 24.2. The van der Waals surface area contributed by atoms with Gasteiger partial charge in [-0.15, -0.1) is 0 Å². The van der Waals surface area contributed by atoms with E-state index in [2.05, 4.69) is 25.1 Å². The van der Waals surface area contributed by atoms with Crippen LogP contribution in [-0.2, 0) is 6.42 Å². The van der Waals surface area contributed by atoms with Crippen molar-refractivity contribution in [3.8, 4) is 23.0 Å². The second-order valence-corrected chi connectivity index (χ2v) is 13.2. The number of hydrogen-bond donors (Lipinski definition) is 2. The third-order valence-corrected chi connectivity index (χ3v) is 10.5. The fraction of sp³-hybridized carbons (Fsp3) is 0.594. The van der Waals surface area contributed by atoms with Crippen LogP contribution in [0.4, 0.5) is 19.0 Å². The first kappa shape index (κ1) is 27.4. The summed E-state index contributed by atoms with van der Waals surface area (Å²) in [6.07, 6.45) is 7.26. The van der Waals surface area contributed by atoms with Gasteiger partial charge in [0, 0.05) is 55.8 Å². The molecule has 8 rings (SSSR count). The molecule has 4 fully saturated rings. The lowest BCUT2D eigenvalue weighted by Gasteiger charge is -2.34. The fourth-order valence-corrected chi connectivity index (χ4v) is 8.55. The van der Waals surface area contributed by atoms with Gasteiger partial charge in [0.25, 0.3) is 0 Å². The number of pyridine rings is 1. The molecule has 8 nitrogen and oxygen atoms in total. The van der Waals surface area contributed by atoms with Gasteiger partial charge < -0.3 is 20.1 Å². The first-order valence-electron chi connectivity index (χ1n) is 15.7. The number of hydrogen-bond acceptors (Lipinski definition) is 8. The number of rotatable bonds is 6. The lowest BCUT2D eigenvalue weighted by molar-refractivity contribution is 0.107. The minimum atomic E-state index is -0.888. The molecular formula is C32H37F3N6O2. The van der Waals surface area contributed by atoms with Crippen molar-refractivity contribution in [2.24, 2.45) is 0 Å². The number of fused-ring (bicyclic) bond motifs is 5. The molecular weight excluding hydrogens is 557 g/mol. The van der Waals surface area contributed by atoms with E-state index in [1.165, 1.54) is 6.07 Å². The lowest BCUT2D eigenvalue weighted by atomic mass is 9.79. The Balaban J connectivity index is 1.24. The van der Waals surface area contributed by atoms with E-state index in [0.29, 0.717) is 60.2 Å². The van der Waals surface area contributed by atoms with Gasteiger partial charge in [-0.05, 0) is 74.8 Å². The Morgan fingerprint density at radius 2 is 1.93 bits per heavy atom. The average molecular weight is 595 g/mol. The minimum absolute atomic E-state index is 0.00125. The molecule has 0 spiro atoms. The molecule has 2 bridgehead atoms. The second kappa shape index (κ2) is 10.5. The van der Waals surface area contributed by atoms with Crippen molar-refractivity contribution in [3.63, 3.8) is 0 Å². The highest BCUT2D eigenvalue weighted by Crippen LogP contribution is 2.44. The van der Waals surface area contributed by atoms with Crippen molar-refractivity contribution in [3.05, 3.63) is 35.3 Å². The van der Waals surface area contributed by atoms with Gasteiger partial charge in [0.15, 0.2) is 5.82 Å². The van der Waals surface area contributed by atoms with Crippen molar-refractivity contribution in [1.29, 1.82) is 0 Å². The third-order valence-electron chi connectivity index (χ3n) is 10.5. The topological polar surface area (TPSA) is 86.6 Å². The van der Waals surface area contributed by atoms with E-state index in [9.17, 15) is 13.9 Å². The van der Waals surface area contributed by atoms with Gasteiger partial charge in [0.2, 0.25) is 0 Å². The molecule has 6 heterocycles. The molecule has 2 aromatic heterocycles. The predicted molar refractivity (Wildman–Crippen MR) is 157 cm³/mol. The van der Waals surface area contributed by atoms with Gasteiger partial charge in [-0.3, -0.25) is 14.3 Å². The number of piperazine rings is 1. The SMILES string of the molecule is Oc1cc2c(c(-c3ncc4c(N5C[C@H]6CC[C@@H](C5)N6)nc(OC[C@@]56CCCN5C[C@H](F)C6)nc4c3F)c1)C(CF)CCC2. The number of halogens is 3. The standard InChI is InChI=1S/C32H37F3N6O2/c33-12-19-4-1-3-18-9-23(42)10-24(26(18)19)28-27(35)29-25(13-36-28)30(40-15-21-5-6-22(16-40)37-21)39-31(38-29)43-17-32-7-2-8-41(32)14-20(34)11-32/h9-10,13,19-22,37,42H,1-8,11-12,14-17H2/t19?,20-,21-,22+,32+/m1/s1. The van der Waals surface area contributed by atoms with Crippen LogP contribution < -0.4 is 15.0 Å². The molecule has 0 amide bonds. The molecule has 5 atom stereocenters. The number of phenolic OH excluding ortho intramolecular Hbond substituents is 1. The summed E-state index contributed by atoms with van der Waals surface area (Å²) in [4.78, 5) is 18.3. The maximum absolute atomic E-state index is 16.7. The van der Waals surface area contributed by atoms with Gasteiger partial charge in [-0.25, -0.2) is 8.78 Å². The molecule has 0 radical (unpaired) electrons. The highest BCUT2D eigenvalue weighted by Gasteiger charge is 2.49. The first-order chi connectivity index (χ1) is 20.9. The number of anilines is 1. The quantitative estimate of drug-likeness (QED) is 0.420. The van der Waals surface area contributed by atoms with Crippen LogP contribution in [0.15, 0.2) is 18.3 Å². The van der Waals surface area contributed by atoms with Gasteiger partial charge in [-0.1, -0.05) is 0 Å². The molecule has 4 aliphatic heterocycles. The molecule has 0 saturated carbocycles. The van der Waals surface area contributed by atoms with E-state index in [1.807, 2.05) is 0 Å². The number of aromatic nitrogens is 3. The Morgan fingerprint density at radius 3 is 2.74 bits per heavy atom. The zero-order valence-corrected chi connectivity index (χ0v) is 24.2. The summed E-state index contributed by atoms with van der Waals surface area (Å²) in [6, 6.07) is 3.85. The van der Waals surface area contributed by atoms with E-state index in [4.69, 9.17) is 9.72 Å². The number of phenols is 1. The molecule has 5 aliphatic rings. The Labute approximate surface area is 248 Å². The molecule has 3 aromatic rings. The van der Waals surface area contributed by atoms with Gasteiger partial charge in [0.05, 0.1) is 17.6 Å².